The number of halogens is 3. The van der Waals surface area contributed by atoms with Crippen molar-refractivity contribution in [3.05, 3.63) is 34.3 Å². The Hall–Kier alpha value is -0.440. The Morgan fingerprint density at radius 1 is 1.44 bits per heavy atom. The van der Waals surface area contributed by atoms with E-state index in [1.165, 1.54) is 0 Å². The summed E-state index contributed by atoms with van der Waals surface area (Å²) in [6, 6.07) is 4.19. The van der Waals surface area contributed by atoms with Crippen molar-refractivity contribution < 1.29 is 8.78 Å². The van der Waals surface area contributed by atoms with Gasteiger partial charge in [0.25, 0.3) is 0 Å². The lowest BCUT2D eigenvalue weighted by Crippen LogP contribution is -1.78. The van der Waals surface area contributed by atoms with E-state index in [0.29, 0.717) is 0 Å². The van der Waals surface area contributed by atoms with Gasteiger partial charge in [-0.3, -0.25) is 0 Å². The van der Waals surface area contributed by atoms with Crippen molar-refractivity contribution in [1.82, 2.24) is 0 Å². The summed E-state index contributed by atoms with van der Waals surface area (Å²) in [6.07, 6.45) is 0. The second-order valence-electron chi connectivity index (χ2n) is 1.48. The summed E-state index contributed by atoms with van der Waals surface area (Å²) in [7, 11) is 0. The van der Waals surface area contributed by atoms with Gasteiger partial charge in [-0.1, -0.05) is 0 Å². The van der Waals surface area contributed by atoms with Crippen molar-refractivity contribution >= 4 is 15.9 Å². The number of hydrogen-bond donors (Lipinski definition) is 0. The predicted octanol–water partition coefficient (Wildman–Crippen LogP) is 2.53. The molecule has 0 atom stereocenters. The van der Waals surface area contributed by atoms with E-state index < -0.39 is 11.6 Å². The highest BCUT2D eigenvalue weighted by Gasteiger charge is 1.98. The van der Waals surface area contributed by atoms with Crippen molar-refractivity contribution in [3.63, 3.8) is 0 Å². The fourth-order valence-electron chi connectivity index (χ4n) is 0.427. The SMILES string of the molecule is Fc1c[c]c(Br)c(F)c1. The summed E-state index contributed by atoms with van der Waals surface area (Å²) < 4.78 is 24.5. The first-order valence-electron chi connectivity index (χ1n) is 2.22. The van der Waals surface area contributed by atoms with Crippen LogP contribution < -0.4 is 0 Å². The van der Waals surface area contributed by atoms with Crippen molar-refractivity contribution in [2.24, 2.45) is 0 Å². The van der Waals surface area contributed by atoms with Gasteiger partial charge >= 0.3 is 0 Å². The first-order chi connectivity index (χ1) is 4.20. The van der Waals surface area contributed by atoms with Gasteiger partial charge in [0, 0.05) is 12.1 Å². The van der Waals surface area contributed by atoms with Gasteiger partial charge in [0.05, 0.1) is 4.47 Å². The molecule has 0 aliphatic heterocycles. The molecule has 3 heteroatoms. The maximum atomic E-state index is 12.3. The lowest BCUT2D eigenvalue weighted by Gasteiger charge is -1.89. The fourth-order valence-corrected chi connectivity index (χ4v) is 0.656. The van der Waals surface area contributed by atoms with Crippen LogP contribution in [0.1, 0.15) is 0 Å². The van der Waals surface area contributed by atoms with Gasteiger partial charge in [-0.05, 0) is 22.0 Å². The van der Waals surface area contributed by atoms with Gasteiger partial charge < -0.3 is 0 Å². The van der Waals surface area contributed by atoms with Crippen LogP contribution in [-0.4, -0.2) is 0 Å². The quantitative estimate of drug-likeness (QED) is 0.554. The molecule has 9 heavy (non-hydrogen) atoms. The normalized spacial score (nSPS) is 9.67. The Bertz CT molecular complexity index is 222. The lowest BCUT2D eigenvalue weighted by molar-refractivity contribution is 0.578. The van der Waals surface area contributed by atoms with Gasteiger partial charge in [0.2, 0.25) is 0 Å². The molecule has 47 valence electrons. The second kappa shape index (κ2) is 2.43. The Balaban J connectivity index is 3.17. The summed E-state index contributed by atoms with van der Waals surface area (Å²) in [5.74, 6) is -1.24. The molecule has 0 saturated carbocycles. The largest absolute Gasteiger partial charge is 0.207 e. The van der Waals surface area contributed by atoms with Gasteiger partial charge in [0.15, 0.2) is 0 Å². The Morgan fingerprint density at radius 2 is 2.11 bits per heavy atom. The predicted molar refractivity (Wildman–Crippen MR) is 32.9 cm³/mol. The Kier molecular flexibility index (Phi) is 1.81. The first kappa shape index (κ1) is 6.68. The highest BCUT2D eigenvalue weighted by molar-refractivity contribution is 9.10. The molecule has 0 amide bonds. The third kappa shape index (κ3) is 1.48. The molecule has 1 aromatic rings. The van der Waals surface area contributed by atoms with Crippen LogP contribution in [0.15, 0.2) is 16.6 Å². The van der Waals surface area contributed by atoms with Crippen LogP contribution in [0.5, 0.6) is 0 Å². The van der Waals surface area contributed by atoms with E-state index in [1.807, 2.05) is 0 Å². The summed E-state index contributed by atoms with van der Waals surface area (Å²) in [4.78, 5) is 0. The van der Waals surface area contributed by atoms with Crippen molar-refractivity contribution in [1.29, 1.82) is 0 Å². The molecule has 0 bridgehead atoms. The zero-order valence-electron chi connectivity index (χ0n) is 4.29. The standard InChI is InChI=1S/C6H2BrF2/c7-5-2-1-4(8)3-6(5)9/h1,3H. The minimum Gasteiger partial charge on any atom is -0.207 e. The minimum absolute atomic E-state index is 0.156. The molecule has 0 N–H and O–H groups in total. The maximum absolute atomic E-state index is 12.3. The van der Waals surface area contributed by atoms with Gasteiger partial charge in [-0.25, -0.2) is 8.78 Å². The zero-order valence-corrected chi connectivity index (χ0v) is 5.87. The van der Waals surface area contributed by atoms with Crippen molar-refractivity contribution in [3.8, 4) is 0 Å². The highest BCUT2D eigenvalue weighted by atomic mass is 79.9. The van der Waals surface area contributed by atoms with E-state index in [1.54, 1.807) is 0 Å². The molecule has 0 unspecified atom stereocenters. The van der Waals surface area contributed by atoms with Crippen LogP contribution in [0.2, 0.25) is 0 Å². The number of benzene rings is 1. The fraction of sp³-hybridized carbons (Fsp3) is 0. The van der Waals surface area contributed by atoms with E-state index in [-0.39, 0.29) is 4.47 Å². The third-order valence-corrected chi connectivity index (χ3v) is 1.42. The second-order valence-corrected chi connectivity index (χ2v) is 2.27. The molecule has 1 radical (unpaired) electrons. The van der Waals surface area contributed by atoms with Crippen LogP contribution >= 0.6 is 15.9 Å². The number of hydrogen-bond acceptors (Lipinski definition) is 0. The number of rotatable bonds is 0. The van der Waals surface area contributed by atoms with Crippen LogP contribution in [0.4, 0.5) is 8.78 Å². The van der Waals surface area contributed by atoms with E-state index >= 15 is 0 Å². The topological polar surface area (TPSA) is 0 Å². The Labute approximate surface area is 59.6 Å². The molecular weight excluding hydrogens is 190 g/mol. The molecule has 0 aliphatic rings. The molecule has 0 aliphatic carbocycles. The molecule has 0 fully saturated rings. The maximum Gasteiger partial charge on any atom is 0.140 e. The smallest absolute Gasteiger partial charge is 0.140 e. The average Bonchev–Trinajstić information content (AvgIpc) is 1.80. The van der Waals surface area contributed by atoms with Crippen molar-refractivity contribution in [2.45, 2.75) is 0 Å². The van der Waals surface area contributed by atoms with Crippen LogP contribution in [0, 0.1) is 17.7 Å². The first-order valence-corrected chi connectivity index (χ1v) is 3.01. The van der Waals surface area contributed by atoms with Gasteiger partial charge in [-0.15, -0.1) is 0 Å². The third-order valence-electron chi connectivity index (χ3n) is 0.811. The van der Waals surface area contributed by atoms with Crippen molar-refractivity contribution in [2.75, 3.05) is 0 Å². The summed E-state index contributed by atoms with van der Waals surface area (Å²) in [6.45, 7) is 0. The van der Waals surface area contributed by atoms with Gasteiger partial charge in [-0.2, -0.15) is 0 Å². The molecule has 0 nitrogen and oxygen atoms in total. The van der Waals surface area contributed by atoms with E-state index in [0.717, 1.165) is 12.1 Å². The van der Waals surface area contributed by atoms with Crippen LogP contribution in [-0.2, 0) is 0 Å². The van der Waals surface area contributed by atoms with Crippen LogP contribution in [0.3, 0.4) is 0 Å². The highest BCUT2D eigenvalue weighted by Crippen LogP contribution is 2.14. The monoisotopic (exact) mass is 191 g/mol. The molecule has 0 spiro atoms. The summed E-state index contributed by atoms with van der Waals surface area (Å²) in [5, 5.41) is 0. The molecule has 0 heterocycles. The van der Waals surface area contributed by atoms with Gasteiger partial charge in [0.1, 0.15) is 11.6 Å². The Morgan fingerprint density at radius 3 is 2.56 bits per heavy atom. The van der Waals surface area contributed by atoms with Crippen LogP contribution in [0.25, 0.3) is 0 Å². The minimum atomic E-state index is -0.630. The average molecular weight is 192 g/mol. The molecule has 0 aromatic heterocycles. The molecule has 0 saturated heterocycles. The van der Waals surface area contributed by atoms with E-state index in [9.17, 15) is 8.78 Å². The zero-order chi connectivity index (χ0) is 6.85. The summed E-state index contributed by atoms with van der Waals surface area (Å²) >= 11 is 2.83. The van der Waals surface area contributed by atoms with E-state index in [4.69, 9.17) is 0 Å². The van der Waals surface area contributed by atoms with E-state index in [2.05, 4.69) is 22.0 Å². The molecule has 1 aromatic carbocycles. The molecular formula is C6H2BrF2. The lowest BCUT2D eigenvalue weighted by atomic mass is 10.3. The molecule has 1 rings (SSSR count). The summed E-state index contributed by atoms with van der Waals surface area (Å²) in [5.41, 5.74) is 0.